The van der Waals surface area contributed by atoms with E-state index in [-0.39, 0.29) is 17.1 Å². The van der Waals surface area contributed by atoms with Gasteiger partial charge in [-0.05, 0) is 36.8 Å². The molecule has 1 saturated heterocycles. The van der Waals surface area contributed by atoms with E-state index in [9.17, 15) is 27.6 Å². The quantitative estimate of drug-likeness (QED) is 0.440. The Morgan fingerprint density at radius 2 is 1.64 bits per heavy atom. The van der Waals surface area contributed by atoms with Crippen molar-refractivity contribution < 1.29 is 27.6 Å². The van der Waals surface area contributed by atoms with Gasteiger partial charge in [-0.1, -0.05) is 37.6 Å². The monoisotopic (exact) mass is 472 g/mol. The van der Waals surface area contributed by atoms with E-state index in [1.54, 1.807) is 30.3 Å². The molecule has 0 aliphatic carbocycles. The van der Waals surface area contributed by atoms with Crippen molar-refractivity contribution in [1.82, 2.24) is 9.80 Å². The molecule has 0 spiro atoms. The van der Waals surface area contributed by atoms with E-state index in [1.807, 2.05) is 6.92 Å². The van der Waals surface area contributed by atoms with Gasteiger partial charge < -0.3 is 5.32 Å². The Labute approximate surface area is 191 Å². The average Bonchev–Trinajstić information content (AvgIpc) is 3.00. The summed E-state index contributed by atoms with van der Waals surface area (Å²) in [4.78, 5) is 50.3. The highest BCUT2D eigenvalue weighted by atomic mass is 32.2. The third-order valence-corrected chi connectivity index (χ3v) is 6.85. The van der Waals surface area contributed by atoms with Crippen LogP contribution in [0.5, 0.6) is 0 Å². The van der Waals surface area contributed by atoms with E-state index >= 15 is 0 Å². The Kier molecular flexibility index (Phi) is 7.12. The van der Waals surface area contributed by atoms with E-state index in [0.717, 1.165) is 15.6 Å². The number of benzene rings is 2. The van der Waals surface area contributed by atoms with Gasteiger partial charge in [0.15, 0.2) is 0 Å². The molecule has 3 rings (SSSR count). The van der Waals surface area contributed by atoms with Gasteiger partial charge in [0.25, 0.3) is 10.0 Å². The third-order valence-electron chi connectivity index (χ3n) is 5.07. The molecular formula is C22H24N4O6S. The number of sulfonamides is 1. The van der Waals surface area contributed by atoms with Crippen molar-refractivity contribution in [1.29, 1.82) is 0 Å². The molecule has 0 aromatic heterocycles. The number of carbonyl (C=O) groups is 4. The predicted molar refractivity (Wildman–Crippen MR) is 121 cm³/mol. The maximum absolute atomic E-state index is 13.0. The van der Waals surface area contributed by atoms with Gasteiger partial charge in [-0.15, -0.1) is 0 Å². The highest BCUT2D eigenvalue weighted by Crippen LogP contribution is 2.24. The number of imide groups is 2. The lowest BCUT2D eigenvalue weighted by Crippen LogP contribution is -2.39. The lowest BCUT2D eigenvalue weighted by atomic mass is 10.3. The molecule has 1 N–H and O–H groups in total. The average molecular weight is 473 g/mol. The van der Waals surface area contributed by atoms with E-state index in [0.29, 0.717) is 17.0 Å². The fraction of sp³-hybridized carbons (Fsp3) is 0.273. The molecule has 0 bridgehead atoms. The standard InChI is InChI=1S/C22H24N4O6S/c1-3-4-13-25-20(28)21(29)26(22(25)30)15-19(27)23-16-9-8-12-18(14-16)33(31,32)24(2)17-10-6-5-7-11-17/h5-12,14H,3-4,13,15H2,1-2H3,(H,23,27). The van der Waals surface area contributed by atoms with Gasteiger partial charge in [-0.3, -0.25) is 23.6 Å². The number of hydrogen-bond acceptors (Lipinski definition) is 6. The van der Waals surface area contributed by atoms with Crippen LogP contribution in [0.4, 0.5) is 16.2 Å². The van der Waals surface area contributed by atoms with Gasteiger partial charge in [-0.25, -0.2) is 18.1 Å². The first-order valence-electron chi connectivity index (χ1n) is 10.3. The van der Waals surface area contributed by atoms with Gasteiger partial charge in [0.2, 0.25) is 5.91 Å². The minimum Gasteiger partial charge on any atom is -0.324 e. The van der Waals surface area contributed by atoms with Crippen molar-refractivity contribution >= 4 is 45.2 Å². The molecule has 0 atom stereocenters. The molecule has 5 amide bonds. The number of nitrogens with zero attached hydrogens (tertiary/aromatic N) is 3. The maximum Gasteiger partial charge on any atom is 0.334 e. The summed E-state index contributed by atoms with van der Waals surface area (Å²) < 4.78 is 27.0. The van der Waals surface area contributed by atoms with Crippen LogP contribution in [0.25, 0.3) is 0 Å². The first-order valence-corrected chi connectivity index (χ1v) is 11.7. The van der Waals surface area contributed by atoms with Crippen molar-refractivity contribution in [3.8, 4) is 0 Å². The number of amides is 5. The van der Waals surface area contributed by atoms with Crippen molar-refractivity contribution in [2.45, 2.75) is 24.7 Å². The fourth-order valence-corrected chi connectivity index (χ4v) is 4.46. The molecule has 10 nitrogen and oxygen atoms in total. The van der Waals surface area contributed by atoms with E-state index in [4.69, 9.17) is 0 Å². The largest absolute Gasteiger partial charge is 0.334 e. The van der Waals surface area contributed by atoms with Crippen LogP contribution in [0.1, 0.15) is 19.8 Å². The molecule has 1 fully saturated rings. The second-order valence-corrected chi connectivity index (χ2v) is 9.34. The molecular weight excluding hydrogens is 448 g/mol. The molecule has 33 heavy (non-hydrogen) atoms. The van der Waals surface area contributed by atoms with Crippen LogP contribution in [0.2, 0.25) is 0 Å². The van der Waals surface area contributed by atoms with Crippen LogP contribution in [-0.2, 0) is 24.4 Å². The van der Waals surface area contributed by atoms with Crippen LogP contribution >= 0.6 is 0 Å². The van der Waals surface area contributed by atoms with E-state index < -0.39 is 40.3 Å². The summed E-state index contributed by atoms with van der Waals surface area (Å²) in [6.07, 6.45) is 1.27. The van der Waals surface area contributed by atoms with E-state index in [2.05, 4.69) is 5.32 Å². The van der Waals surface area contributed by atoms with Crippen LogP contribution in [0.3, 0.4) is 0 Å². The Hall–Kier alpha value is -3.73. The van der Waals surface area contributed by atoms with Crippen molar-refractivity contribution in [3.63, 3.8) is 0 Å². The topological polar surface area (TPSA) is 124 Å². The summed E-state index contributed by atoms with van der Waals surface area (Å²) in [5.41, 5.74) is 0.631. The molecule has 0 saturated carbocycles. The third kappa shape index (κ3) is 5.03. The lowest BCUT2D eigenvalue weighted by molar-refractivity contribution is -0.143. The molecule has 1 aliphatic rings. The Balaban J connectivity index is 1.72. The highest BCUT2D eigenvalue weighted by Gasteiger charge is 2.44. The second kappa shape index (κ2) is 9.82. The zero-order valence-electron chi connectivity index (χ0n) is 18.2. The first kappa shape index (κ1) is 23.9. The second-order valence-electron chi connectivity index (χ2n) is 7.37. The van der Waals surface area contributed by atoms with Crippen molar-refractivity contribution in [3.05, 3.63) is 54.6 Å². The Morgan fingerprint density at radius 1 is 0.970 bits per heavy atom. The maximum atomic E-state index is 13.0. The minimum atomic E-state index is -3.90. The van der Waals surface area contributed by atoms with Crippen molar-refractivity contribution in [2.24, 2.45) is 0 Å². The summed E-state index contributed by atoms with van der Waals surface area (Å²) in [6.45, 7) is 1.32. The van der Waals surface area contributed by atoms with Gasteiger partial charge >= 0.3 is 17.8 Å². The Morgan fingerprint density at radius 3 is 2.30 bits per heavy atom. The highest BCUT2D eigenvalue weighted by molar-refractivity contribution is 7.92. The summed E-state index contributed by atoms with van der Waals surface area (Å²) in [6, 6.07) is 13.3. The number of hydrogen-bond donors (Lipinski definition) is 1. The van der Waals surface area contributed by atoms with Gasteiger partial charge in [0.05, 0.1) is 10.6 Å². The SMILES string of the molecule is CCCCN1C(=O)C(=O)N(CC(=O)Nc2cccc(S(=O)(=O)N(C)c3ccccc3)c2)C1=O. The molecule has 2 aromatic rings. The number of carbonyl (C=O) groups excluding carboxylic acids is 4. The summed E-state index contributed by atoms with van der Waals surface area (Å²) >= 11 is 0. The molecule has 11 heteroatoms. The number of rotatable bonds is 9. The van der Waals surface area contributed by atoms with Gasteiger partial charge in [-0.2, -0.15) is 0 Å². The van der Waals surface area contributed by atoms with Crippen molar-refractivity contribution in [2.75, 3.05) is 29.8 Å². The molecule has 1 aliphatic heterocycles. The van der Waals surface area contributed by atoms with Gasteiger partial charge in [0.1, 0.15) is 6.54 Å². The normalized spacial score (nSPS) is 14.1. The smallest absolute Gasteiger partial charge is 0.324 e. The molecule has 1 heterocycles. The van der Waals surface area contributed by atoms with Crippen LogP contribution in [0.15, 0.2) is 59.5 Å². The van der Waals surface area contributed by atoms with Crippen LogP contribution in [0, 0.1) is 0 Å². The molecule has 0 unspecified atom stereocenters. The van der Waals surface area contributed by atoms with Crippen LogP contribution in [-0.4, -0.2) is 62.1 Å². The van der Waals surface area contributed by atoms with E-state index in [1.165, 1.54) is 31.3 Å². The number of nitrogens with one attached hydrogen (secondary N) is 1. The number of para-hydroxylation sites is 1. The zero-order chi connectivity index (χ0) is 24.2. The zero-order valence-corrected chi connectivity index (χ0v) is 19.0. The number of urea groups is 1. The van der Waals surface area contributed by atoms with Crippen LogP contribution < -0.4 is 9.62 Å². The summed E-state index contributed by atoms with van der Waals surface area (Å²) in [5.74, 6) is -2.77. The first-order chi connectivity index (χ1) is 15.7. The molecule has 2 aromatic carbocycles. The fourth-order valence-electron chi connectivity index (χ4n) is 3.22. The lowest BCUT2D eigenvalue weighted by Gasteiger charge is -2.20. The predicted octanol–water partition coefficient (Wildman–Crippen LogP) is 2.04. The molecule has 0 radical (unpaired) electrons. The minimum absolute atomic E-state index is 0.0547. The van der Waals surface area contributed by atoms with Gasteiger partial charge in [0, 0.05) is 19.3 Å². The number of anilines is 2. The summed E-state index contributed by atoms with van der Waals surface area (Å²) in [7, 11) is -2.48. The summed E-state index contributed by atoms with van der Waals surface area (Å²) in [5, 5.41) is 2.48. The Bertz CT molecular complexity index is 1180. The number of unbranched alkanes of at least 4 members (excludes halogenated alkanes) is 1. The molecule has 174 valence electrons.